The topological polar surface area (TPSA) is 85.5 Å². The summed E-state index contributed by atoms with van der Waals surface area (Å²) in [6.07, 6.45) is -0.664. The van der Waals surface area contributed by atoms with E-state index in [1.807, 2.05) is 78.9 Å². The van der Waals surface area contributed by atoms with E-state index in [0.29, 0.717) is 37.1 Å². The number of carbonyl (C=O) groups excluding carboxylic acids is 1. The molecule has 0 fully saturated rings. The van der Waals surface area contributed by atoms with Crippen molar-refractivity contribution >= 4 is 22.6 Å². The molecule has 164 valence electrons. The number of H-pyrrole nitrogens is 1. The minimum absolute atomic E-state index is 0.279. The molecule has 0 aliphatic heterocycles. The molecule has 0 radical (unpaired) electrons. The van der Waals surface area contributed by atoms with Gasteiger partial charge in [-0.05, 0) is 36.8 Å². The van der Waals surface area contributed by atoms with Crippen LogP contribution in [0.3, 0.4) is 0 Å². The van der Waals surface area contributed by atoms with Crippen LogP contribution in [0, 0.1) is 0 Å². The van der Waals surface area contributed by atoms with Crippen LogP contribution in [0.2, 0.25) is 0 Å². The molecular formula is C25H25N3O4. The Morgan fingerprint density at radius 1 is 0.969 bits per heavy atom. The Labute approximate surface area is 186 Å². The molecule has 32 heavy (non-hydrogen) atoms. The third kappa shape index (κ3) is 5.65. The predicted molar refractivity (Wildman–Crippen MR) is 123 cm³/mol. The van der Waals surface area contributed by atoms with Gasteiger partial charge in [0.2, 0.25) is 0 Å². The van der Waals surface area contributed by atoms with Gasteiger partial charge in [0.25, 0.3) is 5.91 Å². The van der Waals surface area contributed by atoms with Crippen LogP contribution in [0.5, 0.6) is 11.5 Å². The van der Waals surface area contributed by atoms with E-state index in [1.54, 1.807) is 6.92 Å². The molecule has 1 atom stereocenters. The van der Waals surface area contributed by atoms with Crippen LogP contribution in [-0.4, -0.2) is 35.4 Å². The normalized spacial score (nSPS) is 11.8. The number of aromatic nitrogens is 2. The molecule has 1 heterocycles. The molecule has 0 saturated heterocycles. The highest BCUT2D eigenvalue weighted by molar-refractivity contribution is 6.01. The average Bonchev–Trinajstić information content (AvgIpc) is 3.22. The SMILES string of the molecule is CC(Oc1ccccc1)C(=O)Nc1n[nH]c2cc(OCCOCc3ccccc3)ccc12. The first kappa shape index (κ1) is 21.4. The van der Waals surface area contributed by atoms with Crippen molar-refractivity contribution in [3.8, 4) is 11.5 Å². The minimum atomic E-state index is -0.664. The monoisotopic (exact) mass is 431 g/mol. The van der Waals surface area contributed by atoms with Gasteiger partial charge in [-0.1, -0.05) is 48.5 Å². The van der Waals surface area contributed by atoms with Gasteiger partial charge in [-0.25, -0.2) is 0 Å². The van der Waals surface area contributed by atoms with Gasteiger partial charge in [-0.15, -0.1) is 0 Å². The van der Waals surface area contributed by atoms with E-state index in [2.05, 4.69) is 15.5 Å². The number of para-hydroxylation sites is 1. The number of carbonyl (C=O) groups is 1. The number of hydrogen-bond acceptors (Lipinski definition) is 5. The van der Waals surface area contributed by atoms with Gasteiger partial charge in [0, 0.05) is 11.5 Å². The second-order valence-electron chi connectivity index (χ2n) is 7.23. The Bertz CT molecular complexity index is 1150. The van der Waals surface area contributed by atoms with Gasteiger partial charge in [0.1, 0.15) is 18.1 Å². The molecule has 7 nitrogen and oxygen atoms in total. The van der Waals surface area contributed by atoms with Crippen LogP contribution in [-0.2, 0) is 16.1 Å². The molecule has 0 aliphatic rings. The highest BCUT2D eigenvalue weighted by Crippen LogP contribution is 2.25. The highest BCUT2D eigenvalue weighted by atomic mass is 16.5. The van der Waals surface area contributed by atoms with E-state index in [1.165, 1.54) is 0 Å². The molecule has 1 aromatic heterocycles. The van der Waals surface area contributed by atoms with E-state index in [-0.39, 0.29) is 5.91 Å². The zero-order chi connectivity index (χ0) is 22.2. The number of benzene rings is 3. The van der Waals surface area contributed by atoms with Crippen molar-refractivity contribution in [1.82, 2.24) is 10.2 Å². The molecule has 0 spiro atoms. The van der Waals surface area contributed by atoms with E-state index in [0.717, 1.165) is 16.5 Å². The fourth-order valence-electron chi connectivity index (χ4n) is 3.14. The number of nitrogens with one attached hydrogen (secondary N) is 2. The molecule has 3 aromatic carbocycles. The summed E-state index contributed by atoms with van der Waals surface area (Å²) < 4.78 is 17.1. The second kappa shape index (κ2) is 10.5. The number of ether oxygens (including phenoxy) is 3. The number of nitrogens with zero attached hydrogens (tertiary/aromatic N) is 1. The Morgan fingerprint density at radius 3 is 2.50 bits per heavy atom. The molecule has 2 N–H and O–H groups in total. The van der Waals surface area contributed by atoms with E-state index in [9.17, 15) is 4.79 Å². The van der Waals surface area contributed by atoms with Crippen molar-refractivity contribution in [3.63, 3.8) is 0 Å². The van der Waals surface area contributed by atoms with Crippen LogP contribution in [0.1, 0.15) is 12.5 Å². The van der Waals surface area contributed by atoms with Crippen LogP contribution < -0.4 is 14.8 Å². The molecule has 1 amide bonds. The molecule has 0 aliphatic carbocycles. The van der Waals surface area contributed by atoms with Crippen LogP contribution >= 0.6 is 0 Å². The Hall–Kier alpha value is -3.84. The molecule has 4 rings (SSSR count). The zero-order valence-electron chi connectivity index (χ0n) is 17.8. The first-order valence-corrected chi connectivity index (χ1v) is 10.4. The lowest BCUT2D eigenvalue weighted by Gasteiger charge is -2.13. The molecule has 1 unspecified atom stereocenters. The van der Waals surface area contributed by atoms with Crippen molar-refractivity contribution in [2.45, 2.75) is 19.6 Å². The number of rotatable bonds is 10. The standard InChI is InChI=1S/C25H25N3O4/c1-18(32-20-10-6-3-7-11-20)25(29)26-24-22-13-12-21(16-23(22)27-28-24)31-15-14-30-17-19-8-4-2-5-9-19/h2-13,16,18H,14-15,17H2,1H3,(H2,26,27,28,29). The summed E-state index contributed by atoms with van der Waals surface area (Å²) in [6, 6.07) is 24.8. The number of aromatic amines is 1. The molecule has 0 saturated carbocycles. The zero-order valence-corrected chi connectivity index (χ0v) is 17.8. The van der Waals surface area contributed by atoms with Gasteiger partial charge in [-0.3, -0.25) is 9.89 Å². The van der Waals surface area contributed by atoms with Gasteiger partial charge in [0.15, 0.2) is 11.9 Å². The van der Waals surface area contributed by atoms with E-state index < -0.39 is 6.10 Å². The summed E-state index contributed by atoms with van der Waals surface area (Å²) in [4.78, 5) is 12.5. The molecule has 4 aromatic rings. The highest BCUT2D eigenvalue weighted by Gasteiger charge is 2.17. The Balaban J connectivity index is 1.28. The fourth-order valence-corrected chi connectivity index (χ4v) is 3.14. The quantitative estimate of drug-likeness (QED) is 0.360. The molecule has 0 bridgehead atoms. The lowest BCUT2D eigenvalue weighted by atomic mass is 10.2. The fraction of sp³-hybridized carbons (Fsp3) is 0.200. The number of fused-ring (bicyclic) bond motifs is 1. The van der Waals surface area contributed by atoms with Gasteiger partial charge < -0.3 is 19.5 Å². The summed E-state index contributed by atoms with van der Waals surface area (Å²) >= 11 is 0. The van der Waals surface area contributed by atoms with Crippen molar-refractivity contribution in [3.05, 3.63) is 84.4 Å². The predicted octanol–water partition coefficient (Wildman–Crippen LogP) is 4.56. The van der Waals surface area contributed by atoms with Crippen molar-refractivity contribution in [1.29, 1.82) is 0 Å². The Morgan fingerprint density at radius 2 is 1.72 bits per heavy atom. The first-order valence-electron chi connectivity index (χ1n) is 10.4. The van der Waals surface area contributed by atoms with Crippen LogP contribution in [0.25, 0.3) is 10.9 Å². The summed E-state index contributed by atoms with van der Waals surface area (Å²) in [7, 11) is 0. The summed E-state index contributed by atoms with van der Waals surface area (Å²) in [5.74, 6) is 1.50. The van der Waals surface area contributed by atoms with Gasteiger partial charge >= 0.3 is 0 Å². The van der Waals surface area contributed by atoms with E-state index in [4.69, 9.17) is 14.2 Å². The Kier molecular flexibility index (Phi) is 6.99. The van der Waals surface area contributed by atoms with Crippen LogP contribution in [0.15, 0.2) is 78.9 Å². The maximum absolute atomic E-state index is 12.5. The lowest BCUT2D eigenvalue weighted by molar-refractivity contribution is -0.122. The molecule has 7 heteroatoms. The average molecular weight is 431 g/mol. The van der Waals surface area contributed by atoms with Gasteiger partial charge in [-0.2, -0.15) is 5.10 Å². The largest absolute Gasteiger partial charge is 0.491 e. The van der Waals surface area contributed by atoms with Crippen molar-refractivity contribution in [2.24, 2.45) is 0 Å². The van der Waals surface area contributed by atoms with E-state index >= 15 is 0 Å². The van der Waals surface area contributed by atoms with Crippen molar-refractivity contribution in [2.75, 3.05) is 18.5 Å². The third-order valence-corrected chi connectivity index (χ3v) is 4.81. The number of amides is 1. The smallest absolute Gasteiger partial charge is 0.266 e. The third-order valence-electron chi connectivity index (χ3n) is 4.81. The van der Waals surface area contributed by atoms with Crippen LogP contribution in [0.4, 0.5) is 5.82 Å². The molecular weight excluding hydrogens is 406 g/mol. The summed E-state index contributed by atoms with van der Waals surface area (Å²) in [6.45, 7) is 3.17. The van der Waals surface area contributed by atoms with Gasteiger partial charge in [0.05, 0.1) is 18.7 Å². The number of hydrogen-bond donors (Lipinski definition) is 2. The van der Waals surface area contributed by atoms with Crippen molar-refractivity contribution < 1.29 is 19.0 Å². The number of anilines is 1. The maximum Gasteiger partial charge on any atom is 0.266 e. The lowest BCUT2D eigenvalue weighted by Crippen LogP contribution is -2.30. The summed E-state index contributed by atoms with van der Waals surface area (Å²) in [5.41, 5.74) is 1.89. The summed E-state index contributed by atoms with van der Waals surface area (Å²) in [5, 5.41) is 10.7. The first-order chi connectivity index (χ1) is 15.7. The second-order valence-corrected chi connectivity index (χ2v) is 7.23. The minimum Gasteiger partial charge on any atom is -0.491 e. The maximum atomic E-state index is 12.5.